The molecule has 0 aliphatic heterocycles. The van der Waals surface area contributed by atoms with Crippen molar-refractivity contribution in [2.75, 3.05) is 5.32 Å². The van der Waals surface area contributed by atoms with Gasteiger partial charge in [-0.05, 0) is 17.7 Å². The number of Topliss-reactive ketones (excluding diaryl/α,β-unsaturated/α-hetero) is 1. The summed E-state index contributed by atoms with van der Waals surface area (Å²) in [6.45, 7) is 0. The van der Waals surface area contributed by atoms with Gasteiger partial charge in [0.25, 0.3) is 0 Å². The normalized spacial score (nSPS) is 10.4. The predicted molar refractivity (Wildman–Crippen MR) is 85.9 cm³/mol. The van der Waals surface area contributed by atoms with E-state index in [1.807, 2.05) is 30.3 Å². The number of thiazole rings is 1. The topological polar surface area (TPSA) is 92.4 Å². The van der Waals surface area contributed by atoms with Crippen LogP contribution >= 0.6 is 11.3 Å². The minimum atomic E-state index is -1.23. The second-order valence-electron chi connectivity index (χ2n) is 4.69. The zero-order valence-electron chi connectivity index (χ0n) is 11.9. The fourth-order valence-corrected chi connectivity index (χ4v) is 2.99. The summed E-state index contributed by atoms with van der Waals surface area (Å²) in [5.74, 6) is 0.287. The lowest BCUT2D eigenvalue weighted by Crippen LogP contribution is -2.06. The van der Waals surface area contributed by atoms with Gasteiger partial charge in [-0.15, -0.1) is 0 Å². The molecule has 3 rings (SSSR count). The molecule has 1 amide bonds. The number of furan rings is 1. The molecule has 0 spiro atoms. The first-order chi connectivity index (χ1) is 11.1. The molecule has 0 radical (unpaired) electrons. The highest BCUT2D eigenvalue weighted by molar-refractivity contribution is 7.18. The molecule has 3 aromatic rings. The van der Waals surface area contributed by atoms with Gasteiger partial charge in [-0.25, -0.2) is 9.78 Å². The number of rotatable bonds is 5. The second kappa shape index (κ2) is 6.45. The van der Waals surface area contributed by atoms with Crippen LogP contribution in [0.15, 0.2) is 53.1 Å². The van der Waals surface area contributed by atoms with Gasteiger partial charge in [0.1, 0.15) is 10.6 Å². The summed E-state index contributed by atoms with van der Waals surface area (Å²) in [7, 11) is 0. The minimum absolute atomic E-state index is 0.139. The van der Waals surface area contributed by atoms with E-state index in [4.69, 9.17) is 9.52 Å². The largest absolute Gasteiger partial charge is 0.465 e. The summed E-state index contributed by atoms with van der Waals surface area (Å²) in [4.78, 5) is 27.9. The Morgan fingerprint density at radius 2 is 1.96 bits per heavy atom. The Morgan fingerprint density at radius 1 is 1.17 bits per heavy atom. The van der Waals surface area contributed by atoms with Crippen LogP contribution in [0.25, 0.3) is 11.5 Å². The monoisotopic (exact) mass is 328 g/mol. The Bertz CT molecular complexity index is 825. The molecule has 0 atom stereocenters. The smallest absolute Gasteiger partial charge is 0.410 e. The number of aromatic nitrogens is 1. The van der Waals surface area contributed by atoms with Crippen LogP contribution in [0, 0.1) is 0 Å². The van der Waals surface area contributed by atoms with E-state index in [-0.39, 0.29) is 17.3 Å². The molecule has 1 aromatic carbocycles. The number of benzene rings is 1. The number of carbonyl (C=O) groups excluding carboxylic acids is 1. The molecule has 0 aliphatic carbocycles. The molecule has 6 nitrogen and oxygen atoms in total. The van der Waals surface area contributed by atoms with Crippen LogP contribution in [0.2, 0.25) is 0 Å². The number of carbonyl (C=O) groups is 2. The summed E-state index contributed by atoms with van der Waals surface area (Å²) in [5.41, 5.74) is 1.23. The first-order valence-corrected chi connectivity index (χ1v) is 7.57. The van der Waals surface area contributed by atoms with Crippen molar-refractivity contribution in [3.8, 4) is 11.5 Å². The minimum Gasteiger partial charge on any atom is -0.465 e. The maximum absolute atomic E-state index is 12.6. The second-order valence-corrected chi connectivity index (χ2v) is 5.69. The predicted octanol–water partition coefficient (Wildman–Crippen LogP) is 3.92. The third-order valence-corrected chi connectivity index (χ3v) is 4.07. The Kier molecular flexibility index (Phi) is 4.20. The molecule has 0 saturated heterocycles. The van der Waals surface area contributed by atoms with Crippen molar-refractivity contribution in [3.05, 3.63) is 59.2 Å². The fraction of sp³-hybridized carbons (Fsp3) is 0.0625. The summed E-state index contributed by atoms with van der Waals surface area (Å²) in [5, 5.41) is 11.1. The molecular formula is C16H12N2O4S. The fourth-order valence-electron chi connectivity index (χ4n) is 2.10. The molecule has 23 heavy (non-hydrogen) atoms. The van der Waals surface area contributed by atoms with Gasteiger partial charge in [0.05, 0.1) is 6.26 Å². The lowest BCUT2D eigenvalue weighted by molar-refractivity contribution is 0.0997. The van der Waals surface area contributed by atoms with Crippen molar-refractivity contribution in [1.82, 2.24) is 4.98 Å². The third-order valence-electron chi connectivity index (χ3n) is 3.06. The number of nitrogens with zero attached hydrogens (tertiary/aromatic N) is 1. The van der Waals surface area contributed by atoms with Crippen molar-refractivity contribution < 1.29 is 19.1 Å². The van der Waals surface area contributed by atoms with Crippen LogP contribution in [0.3, 0.4) is 0 Å². The van der Waals surface area contributed by atoms with Crippen molar-refractivity contribution in [2.45, 2.75) is 6.42 Å². The van der Waals surface area contributed by atoms with E-state index in [9.17, 15) is 9.59 Å². The summed E-state index contributed by atoms with van der Waals surface area (Å²) >= 11 is 1.00. The summed E-state index contributed by atoms with van der Waals surface area (Å²) in [6.07, 6.45) is 0.458. The molecule has 0 aliphatic rings. The zero-order chi connectivity index (χ0) is 16.2. The maximum atomic E-state index is 12.6. The molecule has 2 aromatic heterocycles. The van der Waals surface area contributed by atoms with Crippen molar-refractivity contribution >= 4 is 28.3 Å². The Hall–Kier alpha value is -2.93. The van der Waals surface area contributed by atoms with Crippen LogP contribution in [0.1, 0.15) is 15.2 Å². The number of carboxylic acid groups (broad SMARTS) is 1. The number of anilines is 1. The van der Waals surface area contributed by atoms with Gasteiger partial charge in [0.15, 0.2) is 16.7 Å². The Balaban J connectivity index is 1.94. The zero-order valence-corrected chi connectivity index (χ0v) is 12.7. The van der Waals surface area contributed by atoms with Gasteiger partial charge >= 0.3 is 6.09 Å². The standard InChI is InChI=1S/C16H12N2O4S/c19-11(9-10-5-2-1-3-6-10)14-13(12-7-4-8-22-12)17-15(23-14)18-16(20)21/h1-8H,9H2,(H,17,18)(H,20,21). The van der Waals surface area contributed by atoms with Crippen molar-refractivity contribution in [3.63, 3.8) is 0 Å². The molecule has 2 heterocycles. The lowest BCUT2D eigenvalue weighted by atomic mass is 10.1. The van der Waals surface area contributed by atoms with E-state index in [0.29, 0.717) is 16.3 Å². The van der Waals surface area contributed by atoms with Gasteiger partial charge in [-0.3, -0.25) is 10.1 Å². The molecule has 0 saturated carbocycles. The van der Waals surface area contributed by atoms with Crippen molar-refractivity contribution in [1.29, 1.82) is 0 Å². The Labute approximate surface area is 135 Å². The summed E-state index contributed by atoms with van der Waals surface area (Å²) < 4.78 is 5.30. The van der Waals surface area contributed by atoms with Gasteiger partial charge in [0.2, 0.25) is 0 Å². The average Bonchev–Trinajstić information content (AvgIpc) is 3.16. The number of ketones is 1. The summed E-state index contributed by atoms with van der Waals surface area (Å²) in [6, 6.07) is 12.7. The number of hydrogen-bond acceptors (Lipinski definition) is 5. The number of hydrogen-bond donors (Lipinski definition) is 2. The van der Waals surface area contributed by atoms with Crippen LogP contribution in [0.5, 0.6) is 0 Å². The van der Waals surface area contributed by atoms with E-state index in [1.165, 1.54) is 6.26 Å². The van der Waals surface area contributed by atoms with E-state index < -0.39 is 6.09 Å². The third kappa shape index (κ3) is 3.46. The van der Waals surface area contributed by atoms with Crippen LogP contribution in [-0.4, -0.2) is 22.0 Å². The van der Waals surface area contributed by atoms with Gasteiger partial charge in [-0.2, -0.15) is 0 Å². The highest BCUT2D eigenvalue weighted by Crippen LogP contribution is 2.32. The first-order valence-electron chi connectivity index (χ1n) is 6.75. The highest BCUT2D eigenvalue weighted by atomic mass is 32.1. The molecule has 116 valence electrons. The van der Waals surface area contributed by atoms with E-state index in [1.54, 1.807) is 12.1 Å². The van der Waals surface area contributed by atoms with Crippen LogP contribution in [0.4, 0.5) is 9.93 Å². The molecule has 7 heteroatoms. The quantitative estimate of drug-likeness (QED) is 0.693. The SMILES string of the molecule is O=C(O)Nc1nc(-c2ccco2)c(C(=O)Cc2ccccc2)s1. The van der Waals surface area contributed by atoms with Crippen molar-refractivity contribution in [2.24, 2.45) is 0 Å². The van der Waals surface area contributed by atoms with Crippen LogP contribution in [-0.2, 0) is 6.42 Å². The average molecular weight is 328 g/mol. The maximum Gasteiger partial charge on any atom is 0.410 e. The molecule has 0 bridgehead atoms. The van der Waals surface area contributed by atoms with Gasteiger partial charge in [0, 0.05) is 6.42 Å². The lowest BCUT2D eigenvalue weighted by Gasteiger charge is -2.00. The van der Waals surface area contributed by atoms with Gasteiger partial charge in [-0.1, -0.05) is 41.7 Å². The molecule has 2 N–H and O–H groups in total. The molecule has 0 fully saturated rings. The first kappa shape index (κ1) is 15.0. The van der Waals surface area contributed by atoms with Crippen LogP contribution < -0.4 is 5.32 Å². The van der Waals surface area contributed by atoms with E-state index in [2.05, 4.69) is 10.3 Å². The number of nitrogens with one attached hydrogen (secondary N) is 1. The highest BCUT2D eigenvalue weighted by Gasteiger charge is 2.22. The van der Waals surface area contributed by atoms with Gasteiger partial charge < -0.3 is 9.52 Å². The molecular weight excluding hydrogens is 316 g/mol. The van der Waals surface area contributed by atoms with E-state index in [0.717, 1.165) is 16.9 Å². The Morgan fingerprint density at radius 3 is 2.61 bits per heavy atom. The molecule has 0 unspecified atom stereocenters. The van der Waals surface area contributed by atoms with E-state index >= 15 is 0 Å². The number of amides is 1.